The van der Waals surface area contributed by atoms with Crippen LogP contribution in [0.15, 0.2) is 46.9 Å². The molecule has 0 fully saturated rings. The second-order valence-corrected chi connectivity index (χ2v) is 4.01. The predicted octanol–water partition coefficient (Wildman–Crippen LogP) is 2.71. The molecule has 0 saturated heterocycles. The smallest absolute Gasteiger partial charge is 0.119 e. The van der Waals surface area contributed by atoms with Crippen LogP contribution in [0, 0.1) is 6.92 Å². The van der Waals surface area contributed by atoms with Crippen LogP contribution in [-0.4, -0.2) is 13.2 Å². The van der Waals surface area contributed by atoms with Gasteiger partial charge in [0.25, 0.3) is 0 Å². The first-order valence-electron chi connectivity index (χ1n) is 5.74. The maximum Gasteiger partial charge on any atom is 0.119 e. The minimum atomic E-state index is 0.101. The molecular weight excluding hydrogens is 214 g/mol. The lowest BCUT2D eigenvalue weighted by Gasteiger charge is -2.13. The Morgan fingerprint density at radius 2 is 1.94 bits per heavy atom. The molecule has 0 saturated carbocycles. The van der Waals surface area contributed by atoms with Crippen molar-refractivity contribution in [2.75, 3.05) is 13.2 Å². The zero-order valence-corrected chi connectivity index (χ0v) is 9.93. The lowest BCUT2D eigenvalue weighted by Crippen LogP contribution is -2.19. The summed E-state index contributed by atoms with van der Waals surface area (Å²) >= 11 is 0. The summed E-state index contributed by atoms with van der Waals surface area (Å²) in [4.78, 5) is 0. The fourth-order valence-corrected chi connectivity index (χ4v) is 1.65. The molecule has 0 amide bonds. The van der Waals surface area contributed by atoms with E-state index in [1.54, 1.807) is 0 Å². The number of hydrogen-bond acceptors (Lipinski definition) is 3. The summed E-state index contributed by atoms with van der Waals surface area (Å²) in [5, 5.41) is 0. The number of ether oxygens (including phenoxy) is 1. The molecule has 1 heterocycles. The van der Waals surface area contributed by atoms with Crippen LogP contribution in [-0.2, 0) is 0 Å². The first-order valence-corrected chi connectivity index (χ1v) is 5.74. The van der Waals surface area contributed by atoms with Gasteiger partial charge in [-0.15, -0.1) is 0 Å². The Kier molecular flexibility index (Phi) is 3.83. The summed E-state index contributed by atoms with van der Waals surface area (Å²) in [5.74, 6) is 2.75. The van der Waals surface area contributed by atoms with Gasteiger partial charge in [-0.05, 0) is 31.2 Å². The standard InChI is InChI=1S/C14H17NO2/c1-11-7-8-14(17-11)12(9-15)10-16-13-5-3-2-4-6-13/h2-8,12H,9-10,15H2,1H3. The van der Waals surface area contributed by atoms with E-state index >= 15 is 0 Å². The van der Waals surface area contributed by atoms with Crippen molar-refractivity contribution in [1.29, 1.82) is 0 Å². The van der Waals surface area contributed by atoms with E-state index in [0.717, 1.165) is 17.3 Å². The highest BCUT2D eigenvalue weighted by molar-refractivity contribution is 5.21. The third-order valence-corrected chi connectivity index (χ3v) is 2.64. The van der Waals surface area contributed by atoms with Crippen molar-refractivity contribution >= 4 is 0 Å². The topological polar surface area (TPSA) is 48.4 Å². The molecule has 1 atom stereocenters. The van der Waals surface area contributed by atoms with Gasteiger partial charge >= 0.3 is 0 Å². The fraction of sp³-hybridized carbons (Fsp3) is 0.286. The van der Waals surface area contributed by atoms with E-state index in [2.05, 4.69) is 0 Å². The van der Waals surface area contributed by atoms with Crippen molar-refractivity contribution < 1.29 is 9.15 Å². The predicted molar refractivity (Wildman–Crippen MR) is 67.2 cm³/mol. The van der Waals surface area contributed by atoms with Gasteiger partial charge < -0.3 is 14.9 Å². The SMILES string of the molecule is Cc1ccc(C(CN)COc2ccccc2)o1. The van der Waals surface area contributed by atoms with Crippen molar-refractivity contribution in [2.45, 2.75) is 12.8 Å². The number of benzene rings is 1. The molecule has 1 aromatic carbocycles. The molecule has 0 bridgehead atoms. The lowest BCUT2D eigenvalue weighted by atomic mass is 10.1. The summed E-state index contributed by atoms with van der Waals surface area (Å²) in [5.41, 5.74) is 5.74. The lowest BCUT2D eigenvalue weighted by molar-refractivity contribution is 0.271. The van der Waals surface area contributed by atoms with Crippen molar-refractivity contribution in [3.8, 4) is 5.75 Å². The molecule has 2 N–H and O–H groups in total. The molecule has 0 aliphatic rings. The van der Waals surface area contributed by atoms with Crippen molar-refractivity contribution in [3.63, 3.8) is 0 Å². The molecule has 90 valence electrons. The number of nitrogens with two attached hydrogens (primary N) is 1. The van der Waals surface area contributed by atoms with Crippen molar-refractivity contribution in [2.24, 2.45) is 5.73 Å². The zero-order chi connectivity index (χ0) is 12.1. The van der Waals surface area contributed by atoms with Gasteiger partial charge in [-0.2, -0.15) is 0 Å². The van der Waals surface area contributed by atoms with Crippen molar-refractivity contribution in [1.82, 2.24) is 0 Å². The third-order valence-electron chi connectivity index (χ3n) is 2.64. The summed E-state index contributed by atoms with van der Waals surface area (Å²) in [7, 11) is 0. The number of rotatable bonds is 5. The van der Waals surface area contributed by atoms with Gasteiger partial charge in [0.1, 0.15) is 17.3 Å². The highest BCUT2D eigenvalue weighted by Gasteiger charge is 2.14. The molecule has 0 radical (unpaired) electrons. The minimum absolute atomic E-state index is 0.101. The fourth-order valence-electron chi connectivity index (χ4n) is 1.65. The quantitative estimate of drug-likeness (QED) is 0.860. The Morgan fingerprint density at radius 1 is 1.18 bits per heavy atom. The Hall–Kier alpha value is -1.74. The van der Waals surface area contributed by atoms with Crippen LogP contribution in [0.2, 0.25) is 0 Å². The van der Waals surface area contributed by atoms with E-state index in [9.17, 15) is 0 Å². The molecule has 3 heteroatoms. The highest BCUT2D eigenvalue weighted by atomic mass is 16.5. The average Bonchev–Trinajstić information content (AvgIpc) is 2.78. The number of aryl methyl sites for hydroxylation is 1. The highest BCUT2D eigenvalue weighted by Crippen LogP contribution is 2.19. The van der Waals surface area contributed by atoms with Crippen LogP contribution < -0.4 is 10.5 Å². The number of furan rings is 1. The normalized spacial score (nSPS) is 12.4. The van der Waals surface area contributed by atoms with Crippen molar-refractivity contribution in [3.05, 3.63) is 54.0 Å². The monoisotopic (exact) mass is 231 g/mol. The Morgan fingerprint density at radius 3 is 2.53 bits per heavy atom. The molecular formula is C14H17NO2. The van der Waals surface area contributed by atoms with Crippen LogP contribution in [0.5, 0.6) is 5.75 Å². The summed E-state index contributed by atoms with van der Waals surface area (Å²) < 4.78 is 11.2. The van der Waals surface area contributed by atoms with Gasteiger partial charge in [0.2, 0.25) is 0 Å². The van der Waals surface area contributed by atoms with Gasteiger partial charge in [0.05, 0.1) is 12.5 Å². The van der Waals surface area contributed by atoms with Crippen LogP contribution in [0.3, 0.4) is 0 Å². The first kappa shape index (κ1) is 11.7. The molecule has 1 aromatic heterocycles. The van der Waals surface area contributed by atoms with Crippen LogP contribution in [0.1, 0.15) is 17.4 Å². The van der Waals surface area contributed by atoms with E-state index in [1.165, 1.54) is 0 Å². The van der Waals surface area contributed by atoms with E-state index in [4.69, 9.17) is 14.9 Å². The maximum atomic E-state index is 5.74. The third kappa shape index (κ3) is 3.11. The Balaban J connectivity index is 1.97. The Bertz CT molecular complexity index is 450. The minimum Gasteiger partial charge on any atom is -0.493 e. The molecule has 2 rings (SSSR count). The van der Waals surface area contributed by atoms with Gasteiger partial charge in [-0.3, -0.25) is 0 Å². The Labute approximate surface area is 101 Å². The van der Waals surface area contributed by atoms with Gasteiger partial charge in [-0.1, -0.05) is 18.2 Å². The largest absolute Gasteiger partial charge is 0.493 e. The van der Waals surface area contributed by atoms with Crippen LogP contribution >= 0.6 is 0 Å². The van der Waals surface area contributed by atoms with Crippen LogP contribution in [0.4, 0.5) is 0 Å². The molecule has 0 aliphatic heterocycles. The second-order valence-electron chi connectivity index (χ2n) is 4.01. The molecule has 17 heavy (non-hydrogen) atoms. The van der Waals surface area contributed by atoms with Gasteiger partial charge in [0, 0.05) is 6.54 Å². The van der Waals surface area contributed by atoms with Crippen LogP contribution in [0.25, 0.3) is 0 Å². The summed E-state index contributed by atoms with van der Waals surface area (Å²) in [6, 6.07) is 13.6. The average molecular weight is 231 g/mol. The molecule has 1 unspecified atom stereocenters. The molecule has 0 aliphatic carbocycles. The van der Waals surface area contributed by atoms with E-state index in [1.807, 2.05) is 49.4 Å². The first-order chi connectivity index (χ1) is 8.29. The molecule has 2 aromatic rings. The number of para-hydroxylation sites is 1. The zero-order valence-electron chi connectivity index (χ0n) is 9.93. The molecule has 3 nitrogen and oxygen atoms in total. The van der Waals surface area contributed by atoms with E-state index in [0.29, 0.717) is 13.2 Å². The molecule has 0 spiro atoms. The maximum absolute atomic E-state index is 5.74. The summed E-state index contributed by atoms with van der Waals surface area (Å²) in [6.45, 7) is 2.97. The second kappa shape index (κ2) is 5.55. The number of hydrogen-bond donors (Lipinski definition) is 1. The van der Waals surface area contributed by atoms with E-state index in [-0.39, 0.29) is 5.92 Å². The van der Waals surface area contributed by atoms with Gasteiger partial charge in [-0.25, -0.2) is 0 Å². The summed E-state index contributed by atoms with van der Waals surface area (Å²) in [6.07, 6.45) is 0. The van der Waals surface area contributed by atoms with Gasteiger partial charge in [0.15, 0.2) is 0 Å². The van der Waals surface area contributed by atoms with E-state index < -0.39 is 0 Å².